The summed E-state index contributed by atoms with van der Waals surface area (Å²) in [7, 11) is 0. The molecule has 0 unspecified atom stereocenters. The fraction of sp³-hybridized carbons (Fsp3) is 0.154. The topological polar surface area (TPSA) is 73.8 Å². The minimum Gasteiger partial charge on any atom is -0.318 e. The lowest BCUT2D eigenvalue weighted by Crippen LogP contribution is -2.35. The molecular formula is C26H23N5OS. The van der Waals surface area contributed by atoms with Gasteiger partial charge in [0.05, 0.1) is 5.57 Å². The van der Waals surface area contributed by atoms with Gasteiger partial charge >= 0.3 is 0 Å². The summed E-state index contributed by atoms with van der Waals surface area (Å²) >= 11 is 1.31. The largest absolute Gasteiger partial charge is 0.318 e. The highest BCUT2D eigenvalue weighted by Crippen LogP contribution is 2.32. The maximum atomic E-state index is 12.9. The zero-order chi connectivity index (χ0) is 23.3. The maximum Gasteiger partial charge on any atom is 0.283 e. The molecule has 0 fully saturated rings. The highest BCUT2D eigenvalue weighted by molar-refractivity contribution is 8.27. The Kier molecular flexibility index (Phi) is 5.13. The quantitative estimate of drug-likeness (QED) is 0.541. The van der Waals surface area contributed by atoms with Crippen LogP contribution in [0, 0.1) is 33.1 Å². The summed E-state index contributed by atoms with van der Waals surface area (Å²) in [6.07, 6.45) is 1.76. The summed E-state index contributed by atoms with van der Waals surface area (Å²) in [4.78, 5) is 17.1. The van der Waals surface area contributed by atoms with Gasteiger partial charge in [0, 0.05) is 22.6 Å². The number of carbonyl (C=O) groups is 1. The molecule has 0 bridgehead atoms. The Balaban J connectivity index is 1.53. The lowest BCUT2D eigenvalue weighted by Gasteiger charge is -2.20. The summed E-state index contributed by atoms with van der Waals surface area (Å²) in [5.41, 5.74) is 7.53. The van der Waals surface area contributed by atoms with Crippen LogP contribution in [0.1, 0.15) is 33.6 Å². The van der Waals surface area contributed by atoms with E-state index in [1.165, 1.54) is 22.3 Å². The number of amidine groups is 2. The summed E-state index contributed by atoms with van der Waals surface area (Å²) in [5, 5.41) is 15.9. The molecule has 3 heterocycles. The molecule has 7 heteroatoms. The second-order valence-electron chi connectivity index (χ2n) is 8.24. The lowest BCUT2D eigenvalue weighted by molar-refractivity contribution is -0.114. The van der Waals surface area contributed by atoms with Crippen LogP contribution < -0.4 is 0 Å². The van der Waals surface area contributed by atoms with E-state index in [1.54, 1.807) is 6.08 Å². The van der Waals surface area contributed by atoms with Crippen LogP contribution in [0.15, 0.2) is 70.3 Å². The first-order valence-electron chi connectivity index (χ1n) is 10.7. The average molecular weight is 454 g/mol. The van der Waals surface area contributed by atoms with Crippen LogP contribution in [0.4, 0.5) is 0 Å². The number of thioether (sulfide) groups is 1. The van der Waals surface area contributed by atoms with Gasteiger partial charge < -0.3 is 4.57 Å². The molecule has 2 aromatic carbocycles. The number of amides is 1. The van der Waals surface area contributed by atoms with Gasteiger partial charge in [0.2, 0.25) is 5.17 Å². The number of aromatic nitrogens is 1. The second-order valence-corrected chi connectivity index (χ2v) is 9.20. The summed E-state index contributed by atoms with van der Waals surface area (Å²) in [6, 6.07) is 18.2. The molecule has 0 saturated carbocycles. The number of aryl methyl sites for hydroxylation is 3. The number of fused-ring (bicyclic) bond motifs is 1. The zero-order valence-corrected chi connectivity index (χ0v) is 19.7. The van der Waals surface area contributed by atoms with Gasteiger partial charge in [0.15, 0.2) is 5.84 Å². The Morgan fingerprint density at radius 3 is 2.55 bits per heavy atom. The molecule has 1 aromatic heterocycles. The molecule has 6 nitrogen and oxygen atoms in total. The van der Waals surface area contributed by atoms with E-state index in [2.05, 4.69) is 33.7 Å². The van der Waals surface area contributed by atoms with Crippen molar-refractivity contribution in [2.24, 2.45) is 10.1 Å². The number of nitrogens with zero attached hydrogens (tertiary/aromatic N) is 4. The highest BCUT2D eigenvalue weighted by Gasteiger charge is 2.36. The number of aliphatic imine (C=N–C) groups is 1. The van der Waals surface area contributed by atoms with Crippen molar-refractivity contribution in [3.8, 4) is 5.69 Å². The van der Waals surface area contributed by atoms with Crippen LogP contribution in [-0.4, -0.2) is 31.5 Å². The van der Waals surface area contributed by atoms with Crippen LogP contribution in [-0.2, 0) is 4.79 Å². The summed E-state index contributed by atoms with van der Waals surface area (Å²) in [5.74, 6) is -0.374. The molecule has 2 aliphatic heterocycles. The van der Waals surface area contributed by atoms with Gasteiger partial charge in [-0.1, -0.05) is 42.0 Å². The van der Waals surface area contributed by atoms with E-state index in [0.29, 0.717) is 5.17 Å². The third-order valence-electron chi connectivity index (χ3n) is 5.85. The van der Waals surface area contributed by atoms with Gasteiger partial charge in [0.25, 0.3) is 5.91 Å². The number of carbonyl (C=O) groups excluding carboxylic acids is 1. The summed E-state index contributed by atoms with van der Waals surface area (Å²) < 4.78 is 2.17. The molecule has 164 valence electrons. The van der Waals surface area contributed by atoms with E-state index in [-0.39, 0.29) is 11.4 Å². The zero-order valence-electron chi connectivity index (χ0n) is 18.9. The number of benzene rings is 2. The van der Waals surface area contributed by atoms with Crippen molar-refractivity contribution in [3.63, 3.8) is 0 Å². The molecule has 0 aliphatic carbocycles. The minimum absolute atomic E-state index is 0.0425. The Morgan fingerprint density at radius 2 is 1.79 bits per heavy atom. The number of rotatable bonds is 3. The first-order chi connectivity index (χ1) is 15.8. The number of nitrogens with one attached hydrogen (secondary N) is 1. The molecule has 0 spiro atoms. The van der Waals surface area contributed by atoms with Crippen LogP contribution in [0.2, 0.25) is 0 Å². The van der Waals surface area contributed by atoms with E-state index in [0.717, 1.165) is 38.8 Å². The van der Waals surface area contributed by atoms with Crippen molar-refractivity contribution in [1.29, 1.82) is 5.41 Å². The molecule has 0 radical (unpaired) electrons. The normalized spacial score (nSPS) is 16.8. The number of hydrogen-bond acceptors (Lipinski definition) is 4. The smallest absolute Gasteiger partial charge is 0.283 e. The third kappa shape index (κ3) is 3.64. The fourth-order valence-electron chi connectivity index (χ4n) is 4.16. The van der Waals surface area contributed by atoms with Gasteiger partial charge in [-0.25, -0.2) is 0 Å². The van der Waals surface area contributed by atoms with Crippen molar-refractivity contribution in [2.45, 2.75) is 27.7 Å². The number of hydrogen-bond donors (Lipinski definition) is 1. The van der Waals surface area contributed by atoms with Crippen LogP contribution in [0.5, 0.6) is 0 Å². The SMILES string of the molecule is Cc1cccc(C2=NN3C(=N)/C(=C/c4cc(C)n(-c5ccccc5C)c4C)C(=O)N=C3S2)c1. The van der Waals surface area contributed by atoms with E-state index >= 15 is 0 Å². The van der Waals surface area contributed by atoms with Crippen molar-refractivity contribution < 1.29 is 4.79 Å². The molecule has 33 heavy (non-hydrogen) atoms. The predicted molar refractivity (Wildman–Crippen MR) is 135 cm³/mol. The monoisotopic (exact) mass is 453 g/mol. The fourth-order valence-corrected chi connectivity index (χ4v) is 5.05. The van der Waals surface area contributed by atoms with Gasteiger partial charge in [-0.05, 0) is 74.9 Å². The van der Waals surface area contributed by atoms with Gasteiger partial charge in [0.1, 0.15) is 5.04 Å². The van der Waals surface area contributed by atoms with Gasteiger partial charge in [-0.2, -0.15) is 15.1 Å². The van der Waals surface area contributed by atoms with Crippen LogP contribution >= 0.6 is 11.8 Å². The summed E-state index contributed by atoms with van der Waals surface area (Å²) in [6.45, 7) is 8.17. The molecule has 0 atom stereocenters. The van der Waals surface area contributed by atoms with Crippen molar-refractivity contribution in [3.05, 3.63) is 93.8 Å². The molecule has 5 rings (SSSR count). The van der Waals surface area contributed by atoms with E-state index in [4.69, 9.17) is 5.41 Å². The average Bonchev–Trinajstić information content (AvgIpc) is 3.32. The maximum absolute atomic E-state index is 12.9. The Hall–Kier alpha value is -3.71. The lowest BCUT2D eigenvalue weighted by atomic mass is 10.1. The standard InChI is InChI=1S/C26H23N5OS/c1-15-8-7-10-19(12-15)25-29-31-23(27)21(24(32)28-26(31)33-25)14-20-13-17(3)30(18(20)4)22-11-6-5-9-16(22)2/h5-14,27H,1-4H3/b21-14-,27-23?. The molecule has 3 aromatic rings. The highest BCUT2D eigenvalue weighted by atomic mass is 32.2. The van der Waals surface area contributed by atoms with Crippen LogP contribution in [0.3, 0.4) is 0 Å². The van der Waals surface area contributed by atoms with Crippen molar-refractivity contribution in [1.82, 2.24) is 9.58 Å². The third-order valence-corrected chi connectivity index (χ3v) is 6.80. The molecule has 2 aliphatic rings. The van der Waals surface area contributed by atoms with Crippen molar-refractivity contribution >= 4 is 39.8 Å². The Labute approximate surface area is 196 Å². The molecule has 0 saturated heterocycles. The number of hydrazone groups is 1. The van der Waals surface area contributed by atoms with Gasteiger partial charge in [-0.3, -0.25) is 10.2 Å². The Bertz CT molecular complexity index is 1430. The van der Waals surface area contributed by atoms with E-state index in [9.17, 15) is 4.79 Å². The first kappa shape index (κ1) is 21.2. The Morgan fingerprint density at radius 1 is 1.00 bits per heavy atom. The molecule has 1 N–H and O–H groups in total. The van der Waals surface area contributed by atoms with E-state index in [1.807, 2.05) is 63.2 Å². The predicted octanol–water partition coefficient (Wildman–Crippen LogP) is 5.38. The van der Waals surface area contributed by atoms with Crippen molar-refractivity contribution in [2.75, 3.05) is 0 Å². The first-order valence-corrected chi connectivity index (χ1v) is 11.5. The van der Waals surface area contributed by atoms with E-state index < -0.39 is 5.91 Å². The van der Waals surface area contributed by atoms with Crippen LogP contribution in [0.25, 0.3) is 11.8 Å². The van der Waals surface area contributed by atoms with Gasteiger partial charge in [-0.15, -0.1) is 0 Å². The minimum atomic E-state index is -0.417. The number of para-hydroxylation sites is 1. The molecular weight excluding hydrogens is 430 g/mol. The molecule has 1 amide bonds. The second kappa shape index (κ2) is 8.01.